The van der Waals surface area contributed by atoms with E-state index in [1.807, 2.05) is 18.7 Å². The van der Waals surface area contributed by atoms with Crippen LogP contribution in [0.2, 0.25) is 0 Å². The Hall–Kier alpha value is -0.550. The molecule has 1 rings (SSSR count). The molecule has 4 nitrogen and oxygen atoms in total. The third-order valence-corrected chi connectivity index (χ3v) is 4.10. The molecular weight excluding hydrogens is 246 g/mol. The Labute approximate surface area is 114 Å². The van der Waals surface area contributed by atoms with Crippen molar-refractivity contribution in [1.29, 1.82) is 0 Å². The van der Waals surface area contributed by atoms with E-state index in [0.717, 1.165) is 17.3 Å². The lowest BCUT2D eigenvalue weighted by Gasteiger charge is -2.20. The first-order chi connectivity index (χ1) is 8.41. The number of hydrogen-bond donors (Lipinski definition) is 1. The molecular formula is C13H25N3OS. The summed E-state index contributed by atoms with van der Waals surface area (Å²) in [6, 6.07) is 0.0293. The van der Waals surface area contributed by atoms with Gasteiger partial charge >= 0.3 is 0 Å². The van der Waals surface area contributed by atoms with Gasteiger partial charge in [-0.05, 0) is 24.5 Å². The van der Waals surface area contributed by atoms with Crippen LogP contribution in [0.4, 0.5) is 0 Å². The topological polar surface area (TPSA) is 64.9 Å². The largest absolute Gasteiger partial charge is 0.339 e. The second-order valence-electron chi connectivity index (χ2n) is 5.59. The van der Waals surface area contributed by atoms with Crippen LogP contribution in [0, 0.1) is 11.8 Å². The molecule has 1 heterocycles. The van der Waals surface area contributed by atoms with Crippen LogP contribution in [0.15, 0.2) is 4.52 Å². The van der Waals surface area contributed by atoms with Gasteiger partial charge in [-0.25, -0.2) is 0 Å². The van der Waals surface area contributed by atoms with Crippen LogP contribution < -0.4 is 5.73 Å². The summed E-state index contributed by atoms with van der Waals surface area (Å²) in [7, 11) is 0. The van der Waals surface area contributed by atoms with Crippen molar-refractivity contribution in [3.05, 3.63) is 11.7 Å². The van der Waals surface area contributed by atoms with Gasteiger partial charge in [-0.15, -0.1) is 0 Å². The molecule has 0 amide bonds. The summed E-state index contributed by atoms with van der Waals surface area (Å²) in [6.45, 7) is 10.7. The van der Waals surface area contributed by atoms with Crippen LogP contribution >= 0.6 is 11.8 Å². The highest BCUT2D eigenvalue weighted by atomic mass is 32.2. The minimum Gasteiger partial charge on any atom is -0.339 e. The molecule has 0 spiro atoms. The molecule has 2 N–H and O–H groups in total. The Morgan fingerprint density at radius 1 is 1.22 bits per heavy atom. The van der Waals surface area contributed by atoms with Crippen LogP contribution in [0.25, 0.3) is 0 Å². The fraction of sp³-hybridized carbons (Fsp3) is 0.846. The first-order valence-electron chi connectivity index (χ1n) is 6.57. The maximum Gasteiger partial charge on any atom is 0.231 e. The summed E-state index contributed by atoms with van der Waals surface area (Å²) < 4.78 is 5.35. The highest BCUT2D eigenvalue weighted by Crippen LogP contribution is 2.26. The van der Waals surface area contributed by atoms with E-state index >= 15 is 0 Å². The Bertz CT molecular complexity index is 342. The monoisotopic (exact) mass is 271 g/mol. The minimum absolute atomic E-state index is 0.0293. The molecule has 0 fully saturated rings. The Morgan fingerprint density at radius 2 is 1.89 bits per heavy atom. The fourth-order valence-electron chi connectivity index (χ4n) is 1.96. The van der Waals surface area contributed by atoms with Crippen LogP contribution in [0.5, 0.6) is 0 Å². The third-order valence-electron chi connectivity index (χ3n) is 2.74. The third kappa shape index (κ3) is 4.61. The number of aromatic nitrogens is 2. The first-order valence-corrected chi connectivity index (χ1v) is 7.73. The summed E-state index contributed by atoms with van der Waals surface area (Å²) in [5.74, 6) is 4.62. The van der Waals surface area contributed by atoms with Crippen molar-refractivity contribution in [2.75, 3.05) is 5.75 Å². The number of thioether (sulfide) groups is 1. The van der Waals surface area contributed by atoms with E-state index in [1.165, 1.54) is 0 Å². The van der Waals surface area contributed by atoms with Crippen molar-refractivity contribution in [2.45, 2.75) is 52.3 Å². The highest BCUT2D eigenvalue weighted by molar-refractivity contribution is 7.98. The summed E-state index contributed by atoms with van der Waals surface area (Å²) in [5.41, 5.74) is 5.99. The van der Waals surface area contributed by atoms with Gasteiger partial charge in [-0.1, -0.05) is 32.9 Å². The molecule has 1 aromatic heterocycles. The van der Waals surface area contributed by atoms with Gasteiger partial charge in [0, 0.05) is 6.04 Å². The van der Waals surface area contributed by atoms with Crippen molar-refractivity contribution in [2.24, 2.45) is 17.6 Å². The number of nitrogens with zero attached hydrogens (tertiary/aromatic N) is 2. The van der Waals surface area contributed by atoms with Gasteiger partial charge in [0.2, 0.25) is 5.89 Å². The standard InChI is InChI=1S/C13H25N3OS/c1-8(2)6-18-7-11-15-13(17-16-11)12(9(3)4)10(5)14/h8-10,12H,6-7,14H2,1-5H3. The molecule has 0 aliphatic heterocycles. The Morgan fingerprint density at radius 3 is 2.39 bits per heavy atom. The molecule has 0 aliphatic rings. The van der Waals surface area contributed by atoms with E-state index < -0.39 is 0 Å². The smallest absolute Gasteiger partial charge is 0.231 e. The lowest BCUT2D eigenvalue weighted by molar-refractivity contribution is 0.299. The van der Waals surface area contributed by atoms with Crippen LogP contribution in [-0.4, -0.2) is 21.9 Å². The maximum absolute atomic E-state index is 5.99. The van der Waals surface area contributed by atoms with Crippen molar-refractivity contribution in [3.63, 3.8) is 0 Å². The van der Waals surface area contributed by atoms with Gasteiger partial charge in [0.05, 0.1) is 11.7 Å². The Kier molecular flexibility index (Phi) is 6.15. The van der Waals surface area contributed by atoms with Crippen molar-refractivity contribution in [1.82, 2.24) is 10.1 Å². The molecule has 0 aromatic carbocycles. The van der Waals surface area contributed by atoms with Crippen molar-refractivity contribution in [3.8, 4) is 0 Å². The van der Waals surface area contributed by atoms with Gasteiger partial charge in [-0.2, -0.15) is 16.7 Å². The van der Waals surface area contributed by atoms with Crippen LogP contribution in [0.1, 0.15) is 52.3 Å². The summed E-state index contributed by atoms with van der Waals surface area (Å²) in [6.07, 6.45) is 0. The molecule has 0 radical (unpaired) electrons. The van der Waals surface area contributed by atoms with Crippen molar-refractivity contribution < 1.29 is 4.52 Å². The summed E-state index contributed by atoms with van der Waals surface area (Å²) in [4.78, 5) is 4.47. The maximum atomic E-state index is 5.99. The van der Waals surface area contributed by atoms with Crippen LogP contribution in [-0.2, 0) is 5.75 Å². The van der Waals surface area contributed by atoms with Gasteiger partial charge in [0.15, 0.2) is 5.82 Å². The highest BCUT2D eigenvalue weighted by Gasteiger charge is 2.26. The van der Waals surface area contributed by atoms with E-state index in [9.17, 15) is 0 Å². The van der Waals surface area contributed by atoms with Gasteiger partial charge in [0.1, 0.15) is 0 Å². The number of hydrogen-bond acceptors (Lipinski definition) is 5. The van der Waals surface area contributed by atoms with E-state index in [0.29, 0.717) is 17.7 Å². The quantitative estimate of drug-likeness (QED) is 0.825. The average molecular weight is 271 g/mol. The first kappa shape index (κ1) is 15.5. The molecule has 1 aromatic rings. The van der Waals surface area contributed by atoms with Gasteiger partial charge in [0.25, 0.3) is 0 Å². The molecule has 18 heavy (non-hydrogen) atoms. The van der Waals surface area contributed by atoms with E-state index in [2.05, 4.69) is 37.8 Å². The second kappa shape index (κ2) is 7.14. The second-order valence-corrected chi connectivity index (χ2v) is 6.62. The molecule has 0 saturated heterocycles. The fourth-order valence-corrected chi connectivity index (χ4v) is 2.85. The zero-order chi connectivity index (χ0) is 13.7. The average Bonchev–Trinajstić information content (AvgIpc) is 2.64. The molecule has 0 aliphatic carbocycles. The normalized spacial score (nSPS) is 15.3. The molecule has 104 valence electrons. The predicted octanol–water partition coefficient (Wildman–Crippen LogP) is 3.05. The summed E-state index contributed by atoms with van der Waals surface area (Å²) >= 11 is 1.84. The van der Waals surface area contributed by atoms with E-state index in [-0.39, 0.29) is 12.0 Å². The minimum atomic E-state index is 0.0293. The molecule has 0 bridgehead atoms. The molecule has 2 atom stereocenters. The lowest BCUT2D eigenvalue weighted by atomic mass is 9.90. The Balaban J connectivity index is 2.61. The van der Waals surface area contributed by atoms with E-state index in [4.69, 9.17) is 10.3 Å². The van der Waals surface area contributed by atoms with Crippen LogP contribution in [0.3, 0.4) is 0 Å². The number of rotatable bonds is 7. The summed E-state index contributed by atoms with van der Waals surface area (Å²) in [5, 5.41) is 4.04. The zero-order valence-electron chi connectivity index (χ0n) is 12.0. The predicted molar refractivity (Wildman–Crippen MR) is 76.5 cm³/mol. The zero-order valence-corrected chi connectivity index (χ0v) is 12.8. The molecule has 2 unspecified atom stereocenters. The molecule has 5 heteroatoms. The van der Waals surface area contributed by atoms with E-state index in [1.54, 1.807) is 0 Å². The molecule has 0 saturated carbocycles. The lowest BCUT2D eigenvalue weighted by Crippen LogP contribution is -2.28. The van der Waals surface area contributed by atoms with Gasteiger partial charge < -0.3 is 10.3 Å². The van der Waals surface area contributed by atoms with Gasteiger partial charge in [-0.3, -0.25) is 0 Å². The SMILES string of the molecule is CC(C)CSCc1noc(C(C(C)C)C(C)N)n1. The number of nitrogens with two attached hydrogens (primary N) is 1. The van der Waals surface area contributed by atoms with Crippen molar-refractivity contribution >= 4 is 11.8 Å².